The minimum atomic E-state index is -0.0624. The van der Waals surface area contributed by atoms with Gasteiger partial charge >= 0.3 is 0 Å². The number of hydrogen-bond donors (Lipinski definition) is 1. The number of rotatable bonds is 1. The molecule has 1 aliphatic heterocycles. The molecule has 0 radical (unpaired) electrons. The molecule has 0 amide bonds. The number of hydrogen-bond acceptors (Lipinski definition) is 3. The second kappa shape index (κ2) is 4.41. The molecule has 1 N–H and O–H groups in total. The molecule has 1 saturated heterocycles. The molecule has 96 valence electrons. The molecule has 5 heteroatoms. The third-order valence-electron chi connectivity index (χ3n) is 3.52. The maximum atomic E-state index is 6.13. The zero-order valence-electron chi connectivity index (χ0n) is 10.1. The van der Waals surface area contributed by atoms with Crippen LogP contribution >= 0.6 is 23.2 Å². The van der Waals surface area contributed by atoms with E-state index in [0.29, 0.717) is 15.6 Å². The minimum absolute atomic E-state index is 0.0624. The summed E-state index contributed by atoms with van der Waals surface area (Å²) >= 11 is 12.1. The molecular formula is C13H14Cl2N2O. The number of nitrogens with one attached hydrogen (secondary N) is 1. The monoisotopic (exact) mass is 284 g/mol. The van der Waals surface area contributed by atoms with Gasteiger partial charge < -0.3 is 9.73 Å². The molecule has 1 atom stereocenters. The van der Waals surface area contributed by atoms with Gasteiger partial charge in [0.15, 0.2) is 5.58 Å². The highest BCUT2D eigenvalue weighted by Crippen LogP contribution is 2.35. The first kappa shape index (κ1) is 12.3. The van der Waals surface area contributed by atoms with E-state index in [1.807, 2.05) is 0 Å². The van der Waals surface area contributed by atoms with Gasteiger partial charge in [-0.2, -0.15) is 0 Å². The van der Waals surface area contributed by atoms with Gasteiger partial charge in [-0.25, -0.2) is 4.98 Å². The van der Waals surface area contributed by atoms with Crippen LogP contribution in [-0.2, 0) is 5.41 Å². The summed E-state index contributed by atoms with van der Waals surface area (Å²) < 4.78 is 5.85. The van der Waals surface area contributed by atoms with Crippen molar-refractivity contribution in [3.05, 3.63) is 28.1 Å². The molecule has 1 aromatic heterocycles. The largest absolute Gasteiger partial charge is 0.438 e. The first-order valence-corrected chi connectivity index (χ1v) is 6.81. The van der Waals surface area contributed by atoms with Gasteiger partial charge in [0.25, 0.3) is 0 Å². The predicted octanol–water partition coefficient (Wildman–Crippen LogP) is 3.78. The van der Waals surface area contributed by atoms with E-state index in [-0.39, 0.29) is 5.41 Å². The van der Waals surface area contributed by atoms with Gasteiger partial charge in [0.2, 0.25) is 5.89 Å². The van der Waals surface area contributed by atoms with E-state index in [1.54, 1.807) is 12.1 Å². The molecule has 1 aromatic carbocycles. The zero-order chi connectivity index (χ0) is 12.8. The number of nitrogens with zero attached hydrogens (tertiary/aromatic N) is 1. The normalized spacial score (nSPS) is 24.6. The summed E-state index contributed by atoms with van der Waals surface area (Å²) in [7, 11) is 0. The van der Waals surface area contributed by atoms with Crippen molar-refractivity contribution in [3.8, 4) is 0 Å². The van der Waals surface area contributed by atoms with E-state index in [4.69, 9.17) is 27.6 Å². The van der Waals surface area contributed by atoms with E-state index in [2.05, 4.69) is 17.2 Å². The topological polar surface area (TPSA) is 38.1 Å². The van der Waals surface area contributed by atoms with Gasteiger partial charge in [-0.15, -0.1) is 0 Å². The number of oxazole rings is 1. The standard InChI is InChI=1S/C13H14Cl2N2O/c1-13(3-2-4-16-7-13)12-17-10-6-8(14)5-9(15)11(10)18-12/h5-6,16H,2-4,7H2,1H3. The van der Waals surface area contributed by atoms with Crippen LogP contribution in [0.25, 0.3) is 11.1 Å². The molecule has 2 heterocycles. The lowest BCUT2D eigenvalue weighted by Crippen LogP contribution is -2.41. The Morgan fingerprint density at radius 1 is 1.39 bits per heavy atom. The predicted molar refractivity (Wildman–Crippen MR) is 73.5 cm³/mol. The van der Waals surface area contributed by atoms with Crippen molar-refractivity contribution in [2.45, 2.75) is 25.2 Å². The molecule has 0 spiro atoms. The molecule has 3 rings (SSSR count). The fourth-order valence-electron chi connectivity index (χ4n) is 2.46. The molecule has 0 bridgehead atoms. The Balaban J connectivity index is 2.10. The van der Waals surface area contributed by atoms with Crippen LogP contribution in [0.4, 0.5) is 0 Å². The maximum Gasteiger partial charge on any atom is 0.202 e. The van der Waals surface area contributed by atoms with E-state index >= 15 is 0 Å². The zero-order valence-corrected chi connectivity index (χ0v) is 11.6. The molecule has 2 aromatic rings. The average molecular weight is 285 g/mol. The Morgan fingerprint density at radius 3 is 2.94 bits per heavy atom. The summed E-state index contributed by atoms with van der Waals surface area (Å²) in [4.78, 5) is 4.55. The van der Waals surface area contributed by atoms with Crippen LogP contribution in [0, 0.1) is 0 Å². The van der Waals surface area contributed by atoms with Gasteiger partial charge in [0, 0.05) is 11.6 Å². The molecule has 1 aliphatic rings. The molecule has 0 saturated carbocycles. The maximum absolute atomic E-state index is 6.13. The highest BCUT2D eigenvalue weighted by Gasteiger charge is 2.34. The minimum Gasteiger partial charge on any atom is -0.438 e. The number of aromatic nitrogens is 1. The van der Waals surface area contributed by atoms with Crippen LogP contribution in [0.15, 0.2) is 16.5 Å². The van der Waals surface area contributed by atoms with Gasteiger partial charge in [0.1, 0.15) is 5.52 Å². The van der Waals surface area contributed by atoms with Crippen molar-refractivity contribution in [2.75, 3.05) is 13.1 Å². The highest BCUT2D eigenvalue weighted by molar-refractivity contribution is 6.37. The van der Waals surface area contributed by atoms with Crippen molar-refractivity contribution < 1.29 is 4.42 Å². The quantitative estimate of drug-likeness (QED) is 0.866. The fourth-order valence-corrected chi connectivity index (χ4v) is 2.98. The molecular weight excluding hydrogens is 271 g/mol. The van der Waals surface area contributed by atoms with Crippen LogP contribution in [0.5, 0.6) is 0 Å². The first-order valence-electron chi connectivity index (χ1n) is 6.05. The van der Waals surface area contributed by atoms with Gasteiger partial charge in [0.05, 0.1) is 10.4 Å². The Hall–Kier alpha value is -0.770. The SMILES string of the molecule is CC1(c2nc3cc(Cl)cc(Cl)c3o2)CCCNC1. The van der Waals surface area contributed by atoms with Gasteiger partial charge in [-0.3, -0.25) is 0 Å². The average Bonchev–Trinajstić information content (AvgIpc) is 2.74. The molecule has 18 heavy (non-hydrogen) atoms. The van der Waals surface area contributed by atoms with Gasteiger partial charge in [-0.05, 0) is 38.4 Å². The summed E-state index contributed by atoms with van der Waals surface area (Å²) in [5.74, 6) is 0.744. The Morgan fingerprint density at radius 2 is 2.22 bits per heavy atom. The second-order valence-electron chi connectivity index (χ2n) is 5.10. The Bertz CT molecular complexity index is 588. The van der Waals surface area contributed by atoms with Crippen LogP contribution < -0.4 is 5.32 Å². The molecule has 1 unspecified atom stereocenters. The lowest BCUT2D eigenvalue weighted by molar-refractivity contribution is 0.279. The van der Waals surface area contributed by atoms with Crippen molar-refractivity contribution in [1.82, 2.24) is 10.3 Å². The second-order valence-corrected chi connectivity index (χ2v) is 5.94. The van der Waals surface area contributed by atoms with Crippen LogP contribution in [-0.4, -0.2) is 18.1 Å². The van der Waals surface area contributed by atoms with Crippen LogP contribution in [0.2, 0.25) is 10.0 Å². The third kappa shape index (κ3) is 2.00. The summed E-state index contributed by atoms with van der Waals surface area (Å²) in [6.45, 7) is 4.10. The molecule has 1 fully saturated rings. The van der Waals surface area contributed by atoms with E-state index in [0.717, 1.165) is 37.3 Å². The summed E-state index contributed by atoms with van der Waals surface area (Å²) in [6, 6.07) is 3.47. The van der Waals surface area contributed by atoms with Crippen LogP contribution in [0.1, 0.15) is 25.7 Å². The Labute approximate surface area is 115 Å². The number of fused-ring (bicyclic) bond motifs is 1. The van der Waals surface area contributed by atoms with E-state index < -0.39 is 0 Å². The van der Waals surface area contributed by atoms with Crippen molar-refractivity contribution in [3.63, 3.8) is 0 Å². The van der Waals surface area contributed by atoms with Gasteiger partial charge in [-0.1, -0.05) is 23.2 Å². The Kier molecular flexibility index (Phi) is 3.00. The van der Waals surface area contributed by atoms with E-state index in [1.165, 1.54) is 0 Å². The number of benzene rings is 1. The van der Waals surface area contributed by atoms with Crippen molar-refractivity contribution in [1.29, 1.82) is 0 Å². The number of piperidine rings is 1. The van der Waals surface area contributed by atoms with Crippen LogP contribution in [0.3, 0.4) is 0 Å². The molecule has 0 aliphatic carbocycles. The lowest BCUT2D eigenvalue weighted by Gasteiger charge is -2.30. The molecule has 3 nitrogen and oxygen atoms in total. The van der Waals surface area contributed by atoms with E-state index in [9.17, 15) is 0 Å². The number of halogens is 2. The summed E-state index contributed by atoms with van der Waals surface area (Å²) in [5.41, 5.74) is 1.30. The lowest BCUT2D eigenvalue weighted by atomic mass is 9.83. The van der Waals surface area contributed by atoms with Crippen molar-refractivity contribution >= 4 is 34.3 Å². The highest BCUT2D eigenvalue weighted by atomic mass is 35.5. The first-order chi connectivity index (χ1) is 8.58. The summed E-state index contributed by atoms with van der Waals surface area (Å²) in [5, 5.41) is 4.49. The smallest absolute Gasteiger partial charge is 0.202 e. The fraction of sp³-hybridized carbons (Fsp3) is 0.462. The summed E-state index contributed by atoms with van der Waals surface area (Å²) in [6.07, 6.45) is 2.20. The van der Waals surface area contributed by atoms with Crippen molar-refractivity contribution in [2.24, 2.45) is 0 Å². The third-order valence-corrected chi connectivity index (χ3v) is 4.02.